The minimum Gasteiger partial charge on any atom is -0.463 e. The van der Waals surface area contributed by atoms with Gasteiger partial charge >= 0.3 is 0 Å². The second-order valence-corrected chi connectivity index (χ2v) is 8.20. The summed E-state index contributed by atoms with van der Waals surface area (Å²) in [7, 11) is 0. The molecule has 0 aliphatic carbocycles. The average molecular weight is 403 g/mol. The Hall–Kier alpha value is -3.35. The minimum absolute atomic E-state index is 0.0262. The van der Waals surface area contributed by atoms with E-state index in [4.69, 9.17) is 4.42 Å². The number of fused-ring (bicyclic) bond motifs is 1. The van der Waals surface area contributed by atoms with Crippen molar-refractivity contribution in [1.29, 1.82) is 0 Å². The highest BCUT2D eigenvalue weighted by Crippen LogP contribution is 2.25. The van der Waals surface area contributed by atoms with Crippen LogP contribution in [0.4, 0.5) is 0 Å². The number of furan rings is 1. The molecule has 4 heterocycles. The fourth-order valence-corrected chi connectivity index (χ4v) is 4.21. The van der Waals surface area contributed by atoms with Crippen molar-refractivity contribution in [2.75, 3.05) is 13.1 Å². The summed E-state index contributed by atoms with van der Waals surface area (Å²) in [6.45, 7) is 6.69. The summed E-state index contributed by atoms with van der Waals surface area (Å²) in [5, 5.41) is 7.08. The lowest BCUT2D eigenvalue weighted by Gasteiger charge is -2.31. The SMILES string of the molecule is Cc1cc2ncn(CC3CCN(C(=O)c4cc(-c5ccco5)[nH]n4)CC3)c2cc1C. The highest BCUT2D eigenvalue weighted by molar-refractivity contribution is 5.93. The van der Waals surface area contributed by atoms with Crippen LogP contribution < -0.4 is 0 Å². The molecule has 7 nitrogen and oxygen atoms in total. The summed E-state index contributed by atoms with van der Waals surface area (Å²) in [5.74, 6) is 1.19. The standard InChI is InChI=1S/C23H25N5O2/c1-15-10-18-21(11-16(15)2)28(14-24-18)13-17-5-7-27(8-6-17)23(29)20-12-19(25-26-20)22-4-3-9-30-22/h3-4,9-12,14,17H,5-8,13H2,1-2H3,(H,25,26). The molecule has 0 unspecified atom stereocenters. The Balaban J connectivity index is 1.22. The number of hydrogen-bond donors (Lipinski definition) is 1. The van der Waals surface area contributed by atoms with E-state index in [9.17, 15) is 4.79 Å². The maximum absolute atomic E-state index is 12.8. The average Bonchev–Trinajstić information content (AvgIpc) is 3.50. The van der Waals surface area contributed by atoms with Gasteiger partial charge in [0.1, 0.15) is 5.69 Å². The predicted molar refractivity (Wildman–Crippen MR) is 114 cm³/mol. The Kier molecular flexibility index (Phi) is 4.65. The topological polar surface area (TPSA) is 80.0 Å². The van der Waals surface area contributed by atoms with Gasteiger partial charge in [-0.25, -0.2) is 4.98 Å². The molecule has 0 bridgehead atoms. The molecule has 154 valence electrons. The van der Waals surface area contributed by atoms with Crippen molar-refractivity contribution in [2.24, 2.45) is 5.92 Å². The van der Waals surface area contributed by atoms with E-state index >= 15 is 0 Å². The molecular formula is C23H25N5O2. The maximum Gasteiger partial charge on any atom is 0.274 e. The number of H-pyrrole nitrogens is 1. The molecule has 3 aromatic heterocycles. The van der Waals surface area contributed by atoms with Gasteiger partial charge in [0.25, 0.3) is 5.91 Å². The smallest absolute Gasteiger partial charge is 0.274 e. The molecule has 1 amide bonds. The lowest BCUT2D eigenvalue weighted by molar-refractivity contribution is 0.0677. The van der Waals surface area contributed by atoms with Crippen LogP contribution in [0.2, 0.25) is 0 Å². The number of carbonyl (C=O) groups is 1. The zero-order valence-corrected chi connectivity index (χ0v) is 17.3. The Morgan fingerprint density at radius 3 is 2.77 bits per heavy atom. The summed E-state index contributed by atoms with van der Waals surface area (Å²) in [6, 6.07) is 9.80. The van der Waals surface area contributed by atoms with Crippen molar-refractivity contribution in [1.82, 2.24) is 24.6 Å². The van der Waals surface area contributed by atoms with Crippen LogP contribution in [-0.2, 0) is 6.54 Å². The van der Waals surface area contributed by atoms with Gasteiger partial charge in [0.15, 0.2) is 11.5 Å². The van der Waals surface area contributed by atoms with Crippen molar-refractivity contribution >= 4 is 16.9 Å². The van der Waals surface area contributed by atoms with Gasteiger partial charge in [-0.05, 0) is 68.0 Å². The number of aromatic nitrogens is 4. The van der Waals surface area contributed by atoms with Crippen LogP contribution in [0.15, 0.2) is 47.3 Å². The molecule has 1 fully saturated rings. The van der Waals surface area contributed by atoms with Gasteiger partial charge in [-0.3, -0.25) is 9.89 Å². The monoisotopic (exact) mass is 403 g/mol. The number of rotatable bonds is 4. The lowest BCUT2D eigenvalue weighted by Crippen LogP contribution is -2.39. The Bertz CT molecular complexity index is 1180. The molecule has 1 N–H and O–H groups in total. The van der Waals surface area contributed by atoms with Crippen LogP contribution in [0, 0.1) is 19.8 Å². The number of hydrogen-bond acceptors (Lipinski definition) is 4. The third-order valence-electron chi connectivity index (χ3n) is 6.18. The first-order valence-corrected chi connectivity index (χ1v) is 10.4. The van der Waals surface area contributed by atoms with Gasteiger partial charge < -0.3 is 13.9 Å². The highest BCUT2D eigenvalue weighted by Gasteiger charge is 2.26. The highest BCUT2D eigenvalue weighted by atomic mass is 16.3. The van der Waals surface area contributed by atoms with Crippen molar-refractivity contribution in [2.45, 2.75) is 33.2 Å². The van der Waals surface area contributed by atoms with E-state index in [2.05, 4.69) is 45.7 Å². The second kappa shape index (κ2) is 7.48. The molecule has 30 heavy (non-hydrogen) atoms. The minimum atomic E-state index is -0.0262. The summed E-state index contributed by atoms with van der Waals surface area (Å²) in [5.41, 5.74) is 5.96. The molecule has 4 aromatic rings. The number of carbonyl (C=O) groups excluding carboxylic acids is 1. The van der Waals surface area contributed by atoms with Gasteiger partial charge in [0.05, 0.1) is 23.6 Å². The Morgan fingerprint density at radius 1 is 1.20 bits per heavy atom. The molecule has 0 saturated carbocycles. The maximum atomic E-state index is 12.8. The van der Waals surface area contributed by atoms with Gasteiger partial charge in [-0.1, -0.05) is 0 Å². The van der Waals surface area contributed by atoms with Crippen molar-refractivity contribution in [3.63, 3.8) is 0 Å². The second-order valence-electron chi connectivity index (χ2n) is 8.20. The Morgan fingerprint density at radius 2 is 2.00 bits per heavy atom. The summed E-state index contributed by atoms with van der Waals surface area (Å²) < 4.78 is 7.62. The molecule has 1 aliphatic rings. The first-order chi connectivity index (χ1) is 14.6. The zero-order valence-electron chi connectivity index (χ0n) is 17.3. The summed E-state index contributed by atoms with van der Waals surface area (Å²) in [4.78, 5) is 19.3. The third-order valence-corrected chi connectivity index (χ3v) is 6.18. The van der Waals surface area contributed by atoms with E-state index in [-0.39, 0.29) is 5.91 Å². The van der Waals surface area contributed by atoms with Crippen LogP contribution in [0.25, 0.3) is 22.5 Å². The van der Waals surface area contributed by atoms with E-state index in [1.54, 1.807) is 12.3 Å². The number of nitrogens with zero attached hydrogens (tertiary/aromatic N) is 4. The molecule has 0 radical (unpaired) electrons. The number of nitrogens with one attached hydrogen (secondary N) is 1. The van der Waals surface area contributed by atoms with Crippen molar-refractivity contribution < 1.29 is 9.21 Å². The molecule has 5 rings (SSSR count). The predicted octanol–water partition coefficient (Wildman–Crippen LogP) is 4.19. The molecular weight excluding hydrogens is 378 g/mol. The number of imidazole rings is 1. The zero-order chi connectivity index (χ0) is 20.7. The third kappa shape index (κ3) is 3.40. The normalized spacial score (nSPS) is 15.2. The van der Waals surface area contributed by atoms with E-state index in [1.807, 2.05) is 23.4 Å². The van der Waals surface area contributed by atoms with Gasteiger partial charge in [-0.2, -0.15) is 5.10 Å². The van der Waals surface area contributed by atoms with Crippen LogP contribution in [0.5, 0.6) is 0 Å². The fraction of sp³-hybridized carbons (Fsp3) is 0.348. The van der Waals surface area contributed by atoms with Crippen LogP contribution in [0.1, 0.15) is 34.5 Å². The number of piperidine rings is 1. The summed E-state index contributed by atoms with van der Waals surface area (Å²) >= 11 is 0. The largest absolute Gasteiger partial charge is 0.463 e. The van der Waals surface area contributed by atoms with Crippen molar-refractivity contribution in [3.05, 3.63) is 59.7 Å². The first kappa shape index (κ1) is 18.7. The van der Waals surface area contributed by atoms with E-state index in [1.165, 1.54) is 16.6 Å². The van der Waals surface area contributed by atoms with Gasteiger partial charge in [0, 0.05) is 25.7 Å². The number of amides is 1. The molecule has 1 aliphatic heterocycles. The quantitative estimate of drug-likeness (QED) is 0.554. The van der Waals surface area contributed by atoms with Gasteiger partial charge in [-0.15, -0.1) is 0 Å². The van der Waals surface area contributed by atoms with Crippen molar-refractivity contribution in [3.8, 4) is 11.5 Å². The molecule has 0 atom stereocenters. The molecule has 1 saturated heterocycles. The van der Waals surface area contributed by atoms with Gasteiger partial charge in [0.2, 0.25) is 0 Å². The van der Waals surface area contributed by atoms with E-state index in [0.717, 1.165) is 43.7 Å². The Labute approximate surface area is 174 Å². The molecule has 1 aromatic carbocycles. The fourth-order valence-electron chi connectivity index (χ4n) is 4.21. The number of aryl methyl sites for hydroxylation is 2. The number of likely N-dealkylation sites (tertiary alicyclic amines) is 1. The van der Waals surface area contributed by atoms with E-state index in [0.29, 0.717) is 17.4 Å². The first-order valence-electron chi connectivity index (χ1n) is 10.4. The number of benzene rings is 1. The van der Waals surface area contributed by atoms with E-state index < -0.39 is 0 Å². The number of aromatic amines is 1. The summed E-state index contributed by atoms with van der Waals surface area (Å²) in [6.07, 6.45) is 5.51. The lowest BCUT2D eigenvalue weighted by atomic mass is 9.96. The van der Waals surface area contributed by atoms with Crippen LogP contribution >= 0.6 is 0 Å². The molecule has 7 heteroatoms. The van der Waals surface area contributed by atoms with Crippen LogP contribution in [-0.4, -0.2) is 43.6 Å². The molecule has 0 spiro atoms. The van der Waals surface area contributed by atoms with Crippen LogP contribution in [0.3, 0.4) is 0 Å².